The van der Waals surface area contributed by atoms with E-state index < -0.39 is 0 Å². The molecule has 0 fully saturated rings. The molecule has 0 bridgehead atoms. The smallest absolute Gasteiger partial charge is 0.147 e. The van der Waals surface area contributed by atoms with Crippen molar-refractivity contribution in [2.75, 3.05) is 7.05 Å². The highest BCUT2D eigenvalue weighted by molar-refractivity contribution is 6.14. The van der Waals surface area contributed by atoms with Crippen LogP contribution in [-0.2, 0) is 0 Å². The van der Waals surface area contributed by atoms with E-state index in [4.69, 9.17) is 9.98 Å². The van der Waals surface area contributed by atoms with Crippen molar-refractivity contribution in [3.8, 4) is 112 Å². The van der Waals surface area contributed by atoms with Crippen LogP contribution in [0.25, 0.3) is 117 Å². The number of aliphatic imine (C=N–C) groups is 1. The van der Waals surface area contributed by atoms with Crippen LogP contribution in [0.1, 0.15) is 22.9 Å². The van der Waals surface area contributed by atoms with Gasteiger partial charge in [0.25, 0.3) is 0 Å². The molecular formula is C82H59N3. The van der Waals surface area contributed by atoms with Gasteiger partial charge in [0.2, 0.25) is 0 Å². The first kappa shape index (κ1) is 52.1. The van der Waals surface area contributed by atoms with Crippen LogP contribution in [0, 0.1) is 0 Å². The fourth-order valence-corrected chi connectivity index (χ4v) is 12.1. The maximum atomic E-state index is 5.81. The number of pyridine rings is 1. The van der Waals surface area contributed by atoms with Crippen LogP contribution < -0.4 is 0 Å². The van der Waals surface area contributed by atoms with E-state index in [0.29, 0.717) is 0 Å². The molecule has 12 aromatic carbocycles. The molecule has 402 valence electrons. The van der Waals surface area contributed by atoms with E-state index in [1.54, 1.807) is 0 Å². The normalized spacial score (nSPS) is 13.0. The Hall–Kier alpha value is -11.0. The fraction of sp³-hybridized carbons (Fsp3) is 0.0244. The number of hydrogen-bond acceptors (Lipinski definition) is 3. The Morgan fingerprint density at radius 2 is 0.541 bits per heavy atom. The zero-order valence-corrected chi connectivity index (χ0v) is 47.2. The molecule has 3 heteroatoms. The summed E-state index contributed by atoms with van der Waals surface area (Å²) in [4.78, 5) is 13.8. The number of rotatable bonds is 13. The first-order valence-corrected chi connectivity index (χ1v) is 29.1. The van der Waals surface area contributed by atoms with E-state index in [1.807, 2.05) is 0 Å². The molecule has 0 spiro atoms. The van der Waals surface area contributed by atoms with Crippen molar-refractivity contribution in [1.29, 1.82) is 0 Å². The molecule has 0 N–H and O–H groups in total. The predicted octanol–water partition coefficient (Wildman–Crippen LogP) is 21.2. The van der Waals surface area contributed by atoms with E-state index in [0.717, 1.165) is 140 Å². The Balaban J connectivity index is 0.931. The molecule has 85 heavy (non-hydrogen) atoms. The van der Waals surface area contributed by atoms with Gasteiger partial charge in [-0.2, -0.15) is 0 Å². The topological polar surface area (TPSA) is 28.5 Å². The Morgan fingerprint density at radius 3 is 0.953 bits per heavy atom. The minimum absolute atomic E-state index is 0.371. The third kappa shape index (κ3) is 10.8. The lowest BCUT2D eigenvalue weighted by atomic mass is 9.83. The van der Waals surface area contributed by atoms with E-state index in [1.165, 1.54) is 0 Å². The zero-order valence-electron chi connectivity index (χ0n) is 47.2. The van der Waals surface area contributed by atoms with Crippen molar-refractivity contribution in [2.45, 2.75) is 6.17 Å². The number of nitrogens with zero attached hydrogens (tertiary/aromatic N) is 3. The van der Waals surface area contributed by atoms with Crippen LogP contribution in [0.2, 0.25) is 0 Å². The van der Waals surface area contributed by atoms with Gasteiger partial charge in [-0.25, -0.2) is 4.98 Å². The Bertz CT molecular complexity index is 4310. The fourth-order valence-electron chi connectivity index (χ4n) is 12.1. The third-order valence-electron chi connectivity index (χ3n) is 16.3. The monoisotopic (exact) mass is 1090 g/mol. The lowest BCUT2D eigenvalue weighted by Gasteiger charge is -2.34. The van der Waals surface area contributed by atoms with Gasteiger partial charge in [0.15, 0.2) is 0 Å². The molecule has 2 heterocycles. The molecule has 1 unspecified atom stereocenters. The molecule has 14 rings (SSSR count). The molecular weight excluding hydrogens is 1030 g/mol. The Kier molecular flexibility index (Phi) is 14.4. The summed E-state index contributed by atoms with van der Waals surface area (Å²) in [5.74, 6) is 0. The minimum Gasteiger partial charge on any atom is -0.349 e. The summed E-state index contributed by atoms with van der Waals surface area (Å²) in [5.41, 5.74) is 27.3. The van der Waals surface area contributed by atoms with Crippen molar-refractivity contribution >= 4 is 11.4 Å². The number of benzene rings is 12. The number of hydrogen-bond donors (Lipinski definition) is 0. The first-order valence-electron chi connectivity index (χ1n) is 29.1. The average molecular weight is 1090 g/mol. The van der Waals surface area contributed by atoms with Crippen LogP contribution in [0.4, 0.5) is 0 Å². The van der Waals surface area contributed by atoms with Crippen LogP contribution in [0.5, 0.6) is 0 Å². The molecule has 1 atom stereocenters. The van der Waals surface area contributed by atoms with Gasteiger partial charge in [-0.3, -0.25) is 4.99 Å². The van der Waals surface area contributed by atoms with Crippen molar-refractivity contribution in [3.05, 3.63) is 350 Å². The second-order valence-electron chi connectivity index (χ2n) is 21.7. The van der Waals surface area contributed by atoms with Gasteiger partial charge in [0.1, 0.15) is 6.17 Å². The number of allylic oxidation sites excluding steroid dienone is 1. The molecule has 0 radical (unpaired) electrons. The molecule has 0 saturated carbocycles. The second kappa shape index (κ2) is 23.5. The molecule has 0 saturated heterocycles. The highest BCUT2D eigenvalue weighted by atomic mass is 15.2. The summed E-state index contributed by atoms with van der Waals surface area (Å²) < 4.78 is 0. The number of aromatic nitrogens is 1. The lowest BCUT2D eigenvalue weighted by Crippen LogP contribution is -2.27. The van der Waals surface area contributed by atoms with Crippen LogP contribution in [-0.4, -0.2) is 22.6 Å². The van der Waals surface area contributed by atoms with Gasteiger partial charge in [0.05, 0.1) is 17.1 Å². The SMILES string of the molecule is CN1C(c2cccc(-c3ccc(-c4c(-c5ccccc5)c(-c5ccccc5)nc(-c5ccccc5)c4-c4ccccc4)cc3)c2)=CC(c2cc(-c3ccccc3)cc(-c3ccccc3)c2)=NC1c1cc(-c2ccccc2)cc(-c2ccccc2)c1. The highest BCUT2D eigenvalue weighted by Gasteiger charge is 2.29. The van der Waals surface area contributed by atoms with E-state index in [-0.39, 0.29) is 6.17 Å². The zero-order chi connectivity index (χ0) is 56.9. The summed E-state index contributed by atoms with van der Waals surface area (Å²) in [6, 6.07) is 118. The minimum atomic E-state index is -0.371. The van der Waals surface area contributed by atoms with Crippen molar-refractivity contribution in [2.24, 2.45) is 4.99 Å². The van der Waals surface area contributed by atoms with Crippen LogP contribution >= 0.6 is 0 Å². The Labute approximate surface area is 498 Å². The quantitative estimate of drug-likeness (QED) is 0.115. The molecule has 1 aromatic heterocycles. The predicted molar refractivity (Wildman–Crippen MR) is 356 cm³/mol. The molecule has 0 aliphatic carbocycles. The molecule has 13 aromatic rings. The lowest BCUT2D eigenvalue weighted by molar-refractivity contribution is 0.364. The van der Waals surface area contributed by atoms with Crippen molar-refractivity contribution in [3.63, 3.8) is 0 Å². The van der Waals surface area contributed by atoms with Crippen molar-refractivity contribution in [1.82, 2.24) is 9.88 Å². The highest BCUT2D eigenvalue weighted by Crippen LogP contribution is 2.49. The maximum absolute atomic E-state index is 5.81. The maximum Gasteiger partial charge on any atom is 0.147 e. The van der Waals surface area contributed by atoms with Gasteiger partial charge in [-0.15, -0.1) is 0 Å². The van der Waals surface area contributed by atoms with Gasteiger partial charge in [0, 0.05) is 46.1 Å². The summed E-state index contributed by atoms with van der Waals surface area (Å²) >= 11 is 0. The third-order valence-corrected chi connectivity index (χ3v) is 16.3. The van der Waals surface area contributed by atoms with E-state index >= 15 is 0 Å². The molecule has 3 nitrogen and oxygen atoms in total. The molecule has 1 aliphatic heterocycles. The van der Waals surface area contributed by atoms with Crippen LogP contribution in [0.3, 0.4) is 0 Å². The molecule has 1 aliphatic rings. The summed E-state index contributed by atoms with van der Waals surface area (Å²) in [7, 11) is 2.20. The van der Waals surface area contributed by atoms with E-state index in [2.05, 4.69) is 346 Å². The second-order valence-corrected chi connectivity index (χ2v) is 21.7. The summed E-state index contributed by atoms with van der Waals surface area (Å²) in [6.45, 7) is 0. The van der Waals surface area contributed by atoms with Crippen LogP contribution in [0.15, 0.2) is 339 Å². The average Bonchev–Trinajstić information content (AvgIpc) is 3.75. The van der Waals surface area contributed by atoms with Gasteiger partial charge in [-0.05, 0) is 132 Å². The molecule has 0 amide bonds. The summed E-state index contributed by atoms with van der Waals surface area (Å²) in [5, 5.41) is 0. The van der Waals surface area contributed by atoms with Gasteiger partial charge >= 0.3 is 0 Å². The Morgan fingerprint density at radius 1 is 0.247 bits per heavy atom. The van der Waals surface area contributed by atoms with Gasteiger partial charge < -0.3 is 4.90 Å². The van der Waals surface area contributed by atoms with Crippen molar-refractivity contribution < 1.29 is 0 Å². The standard InChI is InChI=1S/C82H59N3/c1-85-76(56-75(73-52-69(57-27-10-2-11-28-57)50-70(53-73)58-29-12-3-13-30-58)83-82(85)74-54-71(59-31-14-4-15-32-59)51-72(55-74)60-33-16-5-17-34-60)68-44-26-43-67(49-68)61-45-47-64(48-46-61)77-78(62-35-18-6-19-36-62)80(65-39-22-8-23-40-65)84-81(66-41-24-9-25-42-66)79(77)63-37-20-7-21-38-63/h2-56,82H,1H3. The van der Waals surface area contributed by atoms with E-state index in [9.17, 15) is 0 Å². The first-order chi connectivity index (χ1) is 42.1. The largest absolute Gasteiger partial charge is 0.349 e. The van der Waals surface area contributed by atoms with Gasteiger partial charge in [-0.1, -0.05) is 285 Å². The summed E-state index contributed by atoms with van der Waals surface area (Å²) in [6.07, 6.45) is 1.93.